The minimum absolute atomic E-state index is 0. The third kappa shape index (κ3) is 7.28. The van der Waals surface area contributed by atoms with Crippen molar-refractivity contribution in [2.75, 3.05) is 0 Å². The first-order valence-electron chi connectivity index (χ1n) is 18.2. The molecule has 1 radical (unpaired) electrons. The van der Waals surface area contributed by atoms with Gasteiger partial charge in [0.05, 0.1) is 21.6 Å². The number of allylic oxidation sites excluding steroid dienone is 2. The summed E-state index contributed by atoms with van der Waals surface area (Å²) < 4.78 is 30.3. The number of rotatable bonds is 8. The molecule has 0 saturated heterocycles. The molecule has 0 aliphatic heterocycles. The number of nitrogens with zero attached hydrogens (tertiary/aromatic N) is 2. The molecular formula is C40H49IrN2O3S-. The van der Waals surface area contributed by atoms with Crippen LogP contribution in [-0.2, 0) is 35.7 Å². The van der Waals surface area contributed by atoms with Crippen LogP contribution in [0.3, 0.4) is 0 Å². The van der Waals surface area contributed by atoms with E-state index in [9.17, 15) is 9.90 Å². The number of thiophene rings is 1. The van der Waals surface area contributed by atoms with Crippen LogP contribution >= 0.6 is 11.3 Å². The first-order chi connectivity index (χ1) is 23.1. The Bertz CT molecular complexity index is 2020. The van der Waals surface area contributed by atoms with Gasteiger partial charge < -0.3 is 9.52 Å². The molecule has 47 heavy (non-hydrogen) atoms. The predicted molar refractivity (Wildman–Crippen MR) is 193 cm³/mol. The quantitative estimate of drug-likeness (QED) is 0.0957. The topological polar surface area (TPSA) is 76.2 Å². The molecule has 1 aliphatic rings. The Kier molecular flexibility index (Phi) is 10.2. The van der Waals surface area contributed by atoms with E-state index in [0.29, 0.717) is 11.3 Å². The molecule has 5 nitrogen and oxygen atoms in total. The van der Waals surface area contributed by atoms with Crippen molar-refractivity contribution in [1.29, 1.82) is 0 Å². The fraction of sp³-hybridized carbons (Fsp3) is 0.475. The van der Waals surface area contributed by atoms with Gasteiger partial charge in [-0.05, 0) is 85.7 Å². The molecule has 5 aromatic rings. The van der Waals surface area contributed by atoms with Crippen molar-refractivity contribution in [1.82, 2.24) is 9.97 Å². The Morgan fingerprint density at radius 1 is 0.979 bits per heavy atom. The van der Waals surface area contributed by atoms with Crippen LogP contribution in [-0.4, -0.2) is 20.9 Å². The standard InChI is InChI=1S/C27H25N2OS.C13H24O2.Ir/c1-15-9-10-17-16-7-6-8-18(23(16)30-25(17)28-15)19-11-12-20-22(29-19)21-24(31-20)27(4,5)14-13-26(21,2)3;1-5-10(6-2)12(14)9-13(15)11(7-3)8-4;/h6-7,9-12H,13-14H2,1-5H3;9-11,14H,5-8H2,1-4H3;/q-1;;/b;12-9-;/i1D3;;. The summed E-state index contributed by atoms with van der Waals surface area (Å²) in [5.74, 6) is 0.547. The summed E-state index contributed by atoms with van der Waals surface area (Å²) >= 11 is 1.86. The van der Waals surface area contributed by atoms with E-state index in [0.717, 1.165) is 59.7 Å². The predicted octanol–water partition coefficient (Wildman–Crippen LogP) is 11.6. The number of ketones is 1. The molecule has 1 aromatic carbocycles. The van der Waals surface area contributed by atoms with E-state index in [4.69, 9.17) is 13.5 Å². The zero-order valence-corrected chi connectivity index (χ0v) is 32.1. The third-order valence-corrected chi connectivity index (χ3v) is 11.3. The van der Waals surface area contributed by atoms with Crippen LogP contribution in [0.15, 0.2) is 52.7 Å². The van der Waals surface area contributed by atoms with E-state index >= 15 is 0 Å². The number of aliphatic hydroxyl groups is 1. The number of hydrogen-bond donors (Lipinski definition) is 1. The van der Waals surface area contributed by atoms with Crippen molar-refractivity contribution in [2.24, 2.45) is 11.8 Å². The van der Waals surface area contributed by atoms with Gasteiger partial charge in [-0.1, -0.05) is 72.4 Å². The van der Waals surface area contributed by atoms with Gasteiger partial charge >= 0.3 is 0 Å². The molecule has 253 valence electrons. The zero-order valence-electron chi connectivity index (χ0n) is 31.8. The number of furan rings is 1. The molecular weight excluding hydrogens is 781 g/mol. The van der Waals surface area contributed by atoms with Gasteiger partial charge in [-0.15, -0.1) is 29.5 Å². The second-order valence-electron chi connectivity index (χ2n) is 13.9. The molecule has 6 rings (SSSR count). The van der Waals surface area contributed by atoms with Crippen molar-refractivity contribution in [3.05, 3.63) is 70.4 Å². The van der Waals surface area contributed by atoms with Crippen LogP contribution < -0.4 is 0 Å². The molecule has 1 N–H and O–H groups in total. The summed E-state index contributed by atoms with van der Waals surface area (Å²) in [7, 11) is 0. The Balaban J connectivity index is 0.000000301. The number of pyridine rings is 2. The summed E-state index contributed by atoms with van der Waals surface area (Å²) in [4.78, 5) is 22.6. The molecule has 0 bridgehead atoms. The van der Waals surface area contributed by atoms with Gasteiger partial charge in [0.15, 0.2) is 5.78 Å². The van der Waals surface area contributed by atoms with E-state index in [1.165, 1.54) is 27.6 Å². The monoisotopic (exact) mass is 833 g/mol. The summed E-state index contributed by atoms with van der Waals surface area (Å²) in [6.45, 7) is 15.1. The average Bonchev–Trinajstić information content (AvgIpc) is 3.64. The van der Waals surface area contributed by atoms with Crippen molar-refractivity contribution in [2.45, 2.75) is 112 Å². The molecule has 0 atom stereocenters. The van der Waals surface area contributed by atoms with Gasteiger partial charge in [0.1, 0.15) is 0 Å². The summed E-state index contributed by atoms with van der Waals surface area (Å²) in [6.07, 6.45) is 7.21. The molecule has 7 heteroatoms. The molecule has 4 aromatic heterocycles. The van der Waals surface area contributed by atoms with Gasteiger partial charge in [-0.3, -0.25) is 9.78 Å². The summed E-state index contributed by atoms with van der Waals surface area (Å²) in [5.41, 5.74) is 5.19. The smallest absolute Gasteiger partial charge is 0.216 e. The maximum Gasteiger partial charge on any atom is 0.216 e. The Labute approximate surface area is 301 Å². The second-order valence-corrected chi connectivity index (χ2v) is 14.9. The maximum absolute atomic E-state index is 11.7. The van der Waals surface area contributed by atoms with Crippen LogP contribution in [0, 0.1) is 24.8 Å². The number of aryl methyl sites for hydroxylation is 1. The van der Waals surface area contributed by atoms with Crippen LogP contribution in [0.25, 0.3) is 43.5 Å². The van der Waals surface area contributed by atoms with Gasteiger partial charge in [0.25, 0.3) is 0 Å². The number of hydrogen-bond acceptors (Lipinski definition) is 6. The van der Waals surface area contributed by atoms with Crippen molar-refractivity contribution >= 4 is 49.4 Å². The minimum atomic E-state index is -2.28. The first kappa shape index (κ1) is 32.7. The van der Waals surface area contributed by atoms with Gasteiger partial charge in [0.2, 0.25) is 5.71 Å². The largest absolute Gasteiger partial charge is 0.512 e. The van der Waals surface area contributed by atoms with E-state index in [-0.39, 0.29) is 60.0 Å². The van der Waals surface area contributed by atoms with Crippen LogP contribution in [0.4, 0.5) is 0 Å². The number of fused-ring (bicyclic) bond motifs is 6. The Morgan fingerprint density at radius 3 is 2.32 bits per heavy atom. The number of carbonyl (C=O) groups excluding carboxylic acids is 1. The Morgan fingerprint density at radius 2 is 1.66 bits per heavy atom. The number of aromatic nitrogens is 2. The first-order valence-corrected chi connectivity index (χ1v) is 17.5. The number of benzene rings is 1. The SMILES string of the molecule is CCC(CC)C(=O)/C=C(\O)C(CC)CC.[2H]C([2H])([2H])c1ccc2c(n1)oc1c(-c3ccc4sc5c(c4n3)C(C)(C)CCC5(C)C)[c-]ccc12.[Ir]. The summed E-state index contributed by atoms with van der Waals surface area (Å²) in [5, 5.41) is 11.4. The molecule has 0 saturated carbocycles. The van der Waals surface area contributed by atoms with Crippen molar-refractivity contribution < 1.29 is 38.5 Å². The van der Waals surface area contributed by atoms with Crippen molar-refractivity contribution in [3.63, 3.8) is 0 Å². The fourth-order valence-electron chi connectivity index (χ4n) is 6.68. The summed E-state index contributed by atoms with van der Waals surface area (Å²) in [6, 6.07) is 14.6. The van der Waals surface area contributed by atoms with Crippen molar-refractivity contribution in [3.8, 4) is 11.3 Å². The normalized spacial score (nSPS) is 16.7. The fourth-order valence-corrected chi connectivity index (χ4v) is 8.13. The number of aliphatic hydroxyl groups excluding tert-OH is 1. The van der Waals surface area contributed by atoms with Gasteiger partial charge in [0, 0.05) is 58.1 Å². The average molecular weight is 833 g/mol. The minimum Gasteiger partial charge on any atom is -0.512 e. The van der Waals surface area contributed by atoms with Crippen LogP contribution in [0.5, 0.6) is 0 Å². The molecule has 0 amide bonds. The van der Waals surface area contributed by atoms with E-state index < -0.39 is 6.85 Å². The molecule has 0 spiro atoms. The molecule has 1 aliphatic carbocycles. The maximum atomic E-state index is 11.7. The van der Waals surface area contributed by atoms with E-state index in [1.807, 2.05) is 57.2 Å². The third-order valence-electron chi connectivity index (χ3n) is 9.84. The number of carbonyl (C=O) groups is 1. The molecule has 0 fully saturated rings. The van der Waals surface area contributed by atoms with Crippen LogP contribution in [0.1, 0.15) is 114 Å². The molecule has 4 heterocycles. The van der Waals surface area contributed by atoms with E-state index in [2.05, 4.69) is 44.8 Å². The van der Waals surface area contributed by atoms with Gasteiger partial charge in [-0.2, -0.15) is 0 Å². The molecule has 0 unspecified atom stereocenters. The van der Waals surface area contributed by atoms with Gasteiger partial charge in [-0.25, -0.2) is 4.98 Å². The zero-order chi connectivity index (χ0) is 35.9. The Hall–Kier alpha value is -2.86. The van der Waals surface area contributed by atoms with E-state index in [1.54, 1.807) is 12.1 Å². The van der Waals surface area contributed by atoms with Crippen LogP contribution in [0.2, 0.25) is 0 Å². The second kappa shape index (κ2) is 14.7.